The number of carbonyl (C=O) groups is 1. The molecule has 0 aliphatic heterocycles. The first-order valence-corrected chi connectivity index (χ1v) is 14.3. The van der Waals surface area contributed by atoms with Crippen LogP contribution in [0.1, 0.15) is 21.5 Å². The van der Waals surface area contributed by atoms with E-state index in [0.717, 1.165) is 17.7 Å². The van der Waals surface area contributed by atoms with Crippen LogP contribution in [0.5, 0.6) is 0 Å². The van der Waals surface area contributed by atoms with Crippen LogP contribution in [0.15, 0.2) is 101 Å². The average molecular weight is 554 g/mol. The van der Waals surface area contributed by atoms with Gasteiger partial charge in [0.2, 0.25) is 0 Å². The van der Waals surface area contributed by atoms with Crippen molar-refractivity contribution in [3.63, 3.8) is 0 Å². The number of carbonyl (C=O) groups excluding carboxylic acids is 1. The third-order valence-corrected chi connectivity index (χ3v) is 8.55. The maximum absolute atomic E-state index is 13.1. The Morgan fingerprint density at radius 3 is 1.97 bits per heavy atom. The predicted molar refractivity (Wildman–Crippen MR) is 145 cm³/mol. The van der Waals surface area contributed by atoms with Crippen molar-refractivity contribution in [2.24, 2.45) is 0 Å². The Bertz CT molecular complexity index is 1700. The van der Waals surface area contributed by atoms with Crippen LogP contribution in [0.4, 0.5) is 21.5 Å². The minimum absolute atomic E-state index is 0.0401. The normalized spacial score (nSPS) is 11.6. The van der Waals surface area contributed by atoms with Gasteiger partial charge in [0, 0.05) is 16.9 Å². The fraction of sp³-hybridized carbons (Fsp3) is 0.0741. The highest BCUT2D eigenvalue weighted by Crippen LogP contribution is 2.24. The number of rotatable bonds is 8. The van der Waals surface area contributed by atoms with Crippen LogP contribution in [0.2, 0.25) is 0 Å². The van der Waals surface area contributed by atoms with Gasteiger partial charge in [0.15, 0.2) is 0 Å². The van der Waals surface area contributed by atoms with Crippen LogP contribution in [0.3, 0.4) is 0 Å². The minimum Gasteiger partial charge on any atom is -0.322 e. The van der Waals surface area contributed by atoms with Crippen LogP contribution in [0.25, 0.3) is 0 Å². The van der Waals surface area contributed by atoms with Gasteiger partial charge in [-0.3, -0.25) is 14.2 Å². The Hall–Kier alpha value is -4.22. The standard InChI is InChI=1S/C27H24FN3O5S2/c1-18-5-3-4-6-25(18)31-38(35,36)26-17-20(8-7-19(26)2)27(32)29-22-13-15-24(16-14-22)37(33,34)30-23-11-9-21(28)10-12-23/h3-17,30-31H,1-2H3,(H,29,32). The lowest BCUT2D eigenvalue weighted by Gasteiger charge is -2.14. The molecule has 1 amide bonds. The summed E-state index contributed by atoms with van der Waals surface area (Å²) < 4.78 is 69.3. The van der Waals surface area contributed by atoms with Crippen LogP contribution < -0.4 is 14.8 Å². The molecule has 0 aromatic heterocycles. The fourth-order valence-corrected chi connectivity index (χ4v) is 6.03. The maximum atomic E-state index is 13.1. The van der Waals surface area contributed by atoms with E-state index in [1.165, 1.54) is 54.6 Å². The first-order valence-electron chi connectivity index (χ1n) is 11.3. The van der Waals surface area contributed by atoms with Gasteiger partial charge >= 0.3 is 0 Å². The number of para-hydroxylation sites is 1. The van der Waals surface area contributed by atoms with E-state index >= 15 is 0 Å². The fourth-order valence-electron chi connectivity index (χ4n) is 3.57. The zero-order valence-electron chi connectivity index (χ0n) is 20.4. The molecule has 0 aliphatic rings. The van der Waals surface area contributed by atoms with E-state index in [4.69, 9.17) is 0 Å². The van der Waals surface area contributed by atoms with Gasteiger partial charge in [-0.2, -0.15) is 0 Å². The number of hydrogen-bond donors (Lipinski definition) is 3. The van der Waals surface area contributed by atoms with Gasteiger partial charge in [-0.15, -0.1) is 0 Å². The van der Waals surface area contributed by atoms with Crippen LogP contribution >= 0.6 is 0 Å². The number of halogens is 1. The molecule has 3 N–H and O–H groups in total. The molecule has 0 bridgehead atoms. The summed E-state index contributed by atoms with van der Waals surface area (Å²) in [5, 5.41) is 2.64. The third kappa shape index (κ3) is 6.18. The summed E-state index contributed by atoms with van der Waals surface area (Å²) in [6, 6.07) is 21.6. The molecule has 0 saturated heterocycles. The zero-order chi connectivity index (χ0) is 27.5. The van der Waals surface area contributed by atoms with E-state index in [1.54, 1.807) is 38.1 Å². The number of amides is 1. The van der Waals surface area contributed by atoms with E-state index in [-0.39, 0.29) is 21.0 Å². The summed E-state index contributed by atoms with van der Waals surface area (Å²) in [6.45, 7) is 3.41. The Labute approximate surface area is 220 Å². The summed E-state index contributed by atoms with van der Waals surface area (Å²) in [5.74, 6) is -1.06. The van der Waals surface area contributed by atoms with E-state index in [9.17, 15) is 26.0 Å². The average Bonchev–Trinajstić information content (AvgIpc) is 2.87. The molecule has 0 heterocycles. The Kier molecular flexibility index (Phi) is 7.51. The van der Waals surface area contributed by atoms with Crippen molar-refractivity contribution in [1.29, 1.82) is 0 Å². The lowest BCUT2D eigenvalue weighted by molar-refractivity contribution is 0.102. The van der Waals surface area contributed by atoms with Gasteiger partial charge < -0.3 is 5.32 Å². The molecule has 196 valence electrons. The molecule has 0 fully saturated rings. The molecule has 38 heavy (non-hydrogen) atoms. The molecule has 8 nitrogen and oxygen atoms in total. The van der Waals surface area contributed by atoms with Gasteiger partial charge in [0.25, 0.3) is 26.0 Å². The summed E-state index contributed by atoms with van der Waals surface area (Å²) >= 11 is 0. The molecule has 0 atom stereocenters. The Morgan fingerprint density at radius 1 is 0.684 bits per heavy atom. The molecule has 0 unspecified atom stereocenters. The van der Waals surface area contributed by atoms with Gasteiger partial charge in [0.05, 0.1) is 15.5 Å². The lowest BCUT2D eigenvalue weighted by atomic mass is 10.1. The van der Waals surface area contributed by atoms with Crippen molar-refractivity contribution < 1.29 is 26.0 Å². The smallest absolute Gasteiger partial charge is 0.262 e. The quantitative estimate of drug-likeness (QED) is 0.274. The third-order valence-electron chi connectivity index (χ3n) is 5.65. The van der Waals surface area contributed by atoms with Crippen molar-refractivity contribution in [3.05, 3.63) is 114 Å². The number of anilines is 3. The molecule has 4 aromatic carbocycles. The molecule has 0 aliphatic carbocycles. The molecule has 0 radical (unpaired) electrons. The number of sulfonamides is 2. The summed E-state index contributed by atoms with van der Waals surface area (Å²) in [5.41, 5.74) is 2.26. The van der Waals surface area contributed by atoms with E-state index in [2.05, 4.69) is 14.8 Å². The predicted octanol–water partition coefficient (Wildman–Crippen LogP) is 5.30. The topological polar surface area (TPSA) is 121 Å². The molecule has 11 heteroatoms. The highest BCUT2D eigenvalue weighted by atomic mass is 32.2. The Balaban J connectivity index is 1.50. The largest absolute Gasteiger partial charge is 0.322 e. The first kappa shape index (κ1) is 26.8. The van der Waals surface area contributed by atoms with Gasteiger partial charge in [-0.25, -0.2) is 21.2 Å². The van der Waals surface area contributed by atoms with Gasteiger partial charge in [0.1, 0.15) is 5.82 Å². The highest BCUT2D eigenvalue weighted by molar-refractivity contribution is 7.93. The van der Waals surface area contributed by atoms with Crippen molar-refractivity contribution in [2.75, 3.05) is 14.8 Å². The molecule has 0 spiro atoms. The lowest BCUT2D eigenvalue weighted by Crippen LogP contribution is -2.17. The highest BCUT2D eigenvalue weighted by Gasteiger charge is 2.20. The molecule has 4 aromatic rings. The van der Waals surface area contributed by atoms with E-state index < -0.39 is 31.8 Å². The molecular formula is C27H24FN3O5S2. The molecule has 4 rings (SSSR count). The van der Waals surface area contributed by atoms with Crippen LogP contribution in [0, 0.1) is 19.7 Å². The number of hydrogen-bond acceptors (Lipinski definition) is 5. The van der Waals surface area contributed by atoms with Gasteiger partial charge in [-0.1, -0.05) is 24.3 Å². The van der Waals surface area contributed by atoms with Crippen molar-refractivity contribution in [3.8, 4) is 0 Å². The SMILES string of the molecule is Cc1ccccc1NS(=O)(=O)c1cc(C(=O)Nc2ccc(S(=O)(=O)Nc3ccc(F)cc3)cc2)ccc1C. The monoisotopic (exact) mass is 553 g/mol. The second-order valence-corrected chi connectivity index (χ2v) is 11.8. The molecule has 0 saturated carbocycles. The second kappa shape index (κ2) is 10.6. The number of nitrogens with one attached hydrogen (secondary N) is 3. The minimum atomic E-state index is -3.97. The van der Waals surface area contributed by atoms with Crippen molar-refractivity contribution in [1.82, 2.24) is 0 Å². The van der Waals surface area contributed by atoms with Crippen molar-refractivity contribution in [2.45, 2.75) is 23.6 Å². The zero-order valence-corrected chi connectivity index (χ0v) is 22.0. The summed E-state index contributed by atoms with van der Waals surface area (Å²) in [6.07, 6.45) is 0. The van der Waals surface area contributed by atoms with Crippen molar-refractivity contribution >= 4 is 43.0 Å². The second-order valence-electron chi connectivity index (χ2n) is 8.49. The van der Waals surface area contributed by atoms with Crippen LogP contribution in [-0.2, 0) is 20.0 Å². The summed E-state index contributed by atoms with van der Waals surface area (Å²) in [4.78, 5) is 12.8. The maximum Gasteiger partial charge on any atom is 0.262 e. The van der Waals surface area contributed by atoms with E-state index in [0.29, 0.717) is 16.9 Å². The summed E-state index contributed by atoms with van der Waals surface area (Å²) in [7, 11) is -7.91. The first-order chi connectivity index (χ1) is 17.9. The van der Waals surface area contributed by atoms with Gasteiger partial charge in [-0.05, 0) is 91.7 Å². The Morgan fingerprint density at radius 2 is 1.32 bits per heavy atom. The molecular weight excluding hydrogens is 529 g/mol. The number of aryl methyl sites for hydroxylation is 2. The van der Waals surface area contributed by atoms with Crippen LogP contribution in [-0.4, -0.2) is 22.7 Å². The van der Waals surface area contributed by atoms with E-state index in [1.807, 2.05) is 0 Å². The number of benzene rings is 4.